The van der Waals surface area contributed by atoms with Gasteiger partial charge in [-0.25, -0.2) is 14.2 Å². The molecule has 0 unspecified atom stereocenters. The Bertz CT molecular complexity index is 463. The maximum atomic E-state index is 13.1. The minimum absolute atomic E-state index is 0. The molecule has 7 heteroatoms. The Morgan fingerprint density at radius 3 is 2.78 bits per heavy atom. The number of nitrogens with zero attached hydrogens (tertiary/aromatic N) is 4. The quantitative estimate of drug-likeness (QED) is 0.536. The van der Waals surface area contributed by atoms with Gasteiger partial charge in [-0.05, 0) is 12.1 Å². The second-order valence-corrected chi connectivity index (χ2v) is 4.25. The summed E-state index contributed by atoms with van der Waals surface area (Å²) in [5, 5.41) is 0. The molecule has 0 atom stereocenters. The summed E-state index contributed by atoms with van der Waals surface area (Å²) in [6, 6.07) is 1.92. The molecule has 0 spiro atoms. The molecule has 1 aromatic heterocycles. The zero-order valence-electron chi connectivity index (χ0n) is 10.2. The van der Waals surface area contributed by atoms with Gasteiger partial charge in [-0.2, -0.15) is 0 Å². The van der Waals surface area contributed by atoms with Gasteiger partial charge in [0.25, 0.3) is 0 Å². The number of rotatable bonds is 2. The van der Waals surface area contributed by atoms with E-state index >= 15 is 0 Å². The van der Waals surface area contributed by atoms with E-state index in [-0.39, 0.29) is 25.8 Å². The standard InChI is InChI=1S/C11H13BFN4.Ir/c1-8(2)16-4-5-17(12-16)11-6-10(14-3)9(13)7-15-11;/h6-8H,4-5H2,1-2H3;. The van der Waals surface area contributed by atoms with Crippen LogP contribution in [0.3, 0.4) is 0 Å². The number of aromatic nitrogens is 1. The van der Waals surface area contributed by atoms with Gasteiger partial charge in [-0.1, -0.05) is 13.8 Å². The van der Waals surface area contributed by atoms with Gasteiger partial charge >= 0.3 is 7.55 Å². The zero-order valence-corrected chi connectivity index (χ0v) is 12.6. The second-order valence-electron chi connectivity index (χ2n) is 4.25. The normalized spacial score (nSPS) is 15.2. The van der Waals surface area contributed by atoms with Crippen molar-refractivity contribution in [3.63, 3.8) is 0 Å². The molecule has 2 heterocycles. The Balaban J connectivity index is 0.00000162. The average Bonchev–Trinajstić information content (AvgIpc) is 2.79. The molecule has 1 aromatic rings. The molecule has 2 rings (SSSR count). The van der Waals surface area contributed by atoms with E-state index in [1.807, 2.05) is 12.4 Å². The smallest absolute Gasteiger partial charge is 0.353 e. The second kappa shape index (κ2) is 6.28. The molecule has 2 radical (unpaired) electrons. The fourth-order valence-corrected chi connectivity index (χ4v) is 1.74. The number of hydrogen-bond acceptors (Lipinski definition) is 3. The summed E-state index contributed by atoms with van der Waals surface area (Å²) >= 11 is 0. The molecule has 96 valence electrons. The Hall–Kier alpha value is -0.956. The monoisotopic (exact) mass is 424 g/mol. The van der Waals surface area contributed by atoms with E-state index in [4.69, 9.17) is 6.57 Å². The first-order valence-corrected chi connectivity index (χ1v) is 5.52. The van der Waals surface area contributed by atoms with Gasteiger partial charge in [0, 0.05) is 33.2 Å². The molecule has 1 saturated heterocycles. The van der Waals surface area contributed by atoms with Crippen LogP contribution < -0.4 is 4.81 Å². The van der Waals surface area contributed by atoms with Crippen LogP contribution in [-0.2, 0) is 20.1 Å². The maximum Gasteiger partial charge on any atom is 0.353 e. The molecule has 0 amide bonds. The predicted molar refractivity (Wildman–Crippen MR) is 65.4 cm³/mol. The predicted octanol–water partition coefficient (Wildman–Crippen LogP) is 1.83. The van der Waals surface area contributed by atoms with E-state index in [9.17, 15) is 4.39 Å². The minimum Gasteiger partial charge on any atom is -0.389 e. The minimum atomic E-state index is -0.566. The molecule has 1 aliphatic heterocycles. The molecule has 1 fully saturated rings. The molecule has 0 aromatic carbocycles. The topological polar surface area (TPSA) is 23.7 Å². The van der Waals surface area contributed by atoms with Crippen LogP contribution in [0.2, 0.25) is 0 Å². The summed E-state index contributed by atoms with van der Waals surface area (Å²) < 4.78 is 13.1. The average molecular weight is 423 g/mol. The van der Waals surface area contributed by atoms with E-state index in [1.54, 1.807) is 0 Å². The Labute approximate surface area is 121 Å². The van der Waals surface area contributed by atoms with Crippen molar-refractivity contribution < 1.29 is 24.5 Å². The first-order chi connectivity index (χ1) is 8.11. The molecule has 18 heavy (non-hydrogen) atoms. The molecule has 0 saturated carbocycles. The number of pyridine rings is 1. The fraction of sp³-hybridized carbons (Fsp3) is 0.455. The van der Waals surface area contributed by atoms with Crippen LogP contribution in [0.25, 0.3) is 4.85 Å². The van der Waals surface area contributed by atoms with E-state index < -0.39 is 5.82 Å². The van der Waals surface area contributed by atoms with Crippen molar-refractivity contribution in [2.45, 2.75) is 19.9 Å². The third-order valence-corrected chi connectivity index (χ3v) is 2.79. The summed E-state index contributed by atoms with van der Waals surface area (Å²) in [6.45, 7) is 12.8. The van der Waals surface area contributed by atoms with Gasteiger partial charge < -0.3 is 9.62 Å². The summed E-state index contributed by atoms with van der Waals surface area (Å²) in [5.74, 6) is 0.0595. The Morgan fingerprint density at radius 2 is 2.22 bits per heavy atom. The van der Waals surface area contributed by atoms with Gasteiger partial charge in [0.15, 0.2) is 0 Å². The summed E-state index contributed by atoms with van der Waals surface area (Å²) in [7, 11) is 1.97. The van der Waals surface area contributed by atoms with E-state index in [1.165, 1.54) is 6.07 Å². The van der Waals surface area contributed by atoms with Crippen LogP contribution in [0.1, 0.15) is 13.8 Å². The Kier molecular flexibility index (Phi) is 5.27. The fourth-order valence-electron chi connectivity index (χ4n) is 1.74. The largest absolute Gasteiger partial charge is 0.389 e. The first kappa shape index (κ1) is 15.1. The van der Waals surface area contributed by atoms with Crippen molar-refractivity contribution in [1.82, 2.24) is 9.79 Å². The summed E-state index contributed by atoms with van der Waals surface area (Å²) in [6.07, 6.45) is 1.11. The zero-order chi connectivity index (χ0) is 12.4. The van der Waals surface area contributed by atoms with Gasteiger partial charge in [0.1, 0.15) is 11.6 Å². The summed E-state index contributed by atoms with van der Waals surface area (Å²) in [4.78, 5) is 11.3. The molecule has 4 nitrogen and oxygen atoms in total. The van der Waals surface area contributed by atoms with Gasteiger partial charge in [-0.3, -0.25) is 0 Å². The van der Waals surface area contributed by atoms with Crippen LogP contribution >= 0.6 is 0 Å². The molecule has 1 aliphatic rings. The molecular formula is C11H13BFIrN4. The number of anilines is 1. The molecule has 0 bridgehead atoms. The molecule has 0 aliphatic carbocycles. The van der Waals surface area contributed by atoms with Crippen molar-refractivity contribution in [1.29, 1.82) is 0 Å². The van der Waals surface area contributed by atoms with Crippen molar-refractivity contribution in [3.05, 3.63) is 29.5 Å². The Morgan fingerprint density at radius 1 is 1.50 bits per heavy atom. The van der Waals surface area contributed by atoms with Crippen LogP contribution in [0.15, 0.2) is 12.3 Å². The van der Waals surface area contributed by atoms with Gasteiger partial charge in [-0.15, -0.1) is 0 Å². The van der Waals surface area contributed by atoms with E-state index in [0.717, 1.165) is 19.3 Å². The van der Waals surface area contributed by atoms with Crippen molar-refractivity contribution in [3.8, 4) is 0 Å². The number of hydrogen-bond donors (Lipinski definition) is 0. The first-order valence-electron chi connectivity index (χ1n) is 5.52. The third kappa shape index (κ3) is 3.08. The van der Waals surface area contributed by atoms with Crippen LogP contribution in [0.5, 0.6) is 0 Å². The van der Waals surface area contributed by atoms with Crippen molar-refractivity contribution in [2.24, 2.45) is 0 Å². The molecule has 0 N–H and O–H groups in total. The van der Waals surface area contributed by atoms with Gasteiger partial charge in [0.2, 0.25) is 5.69 Å². The van der Waals surface area contributed by atoms with Crippen LogP contribution in [0, 0.1) is 12.4 Å². The van der Waals surface area contributed by atoms with E-state index in [2.05, 4.69) is 28.5 Å². The van der Waals surface area contributed by atoms with E-state index in [0.29, 0.717) is 11.9 Å². The summed E-state index contributed by atoms with van der Waals surface area (Å²) in [5.41, 5.74) is 0.0198. The number of halogens is 1. The molecular weight excluding hydrogens is 410 g/mol. The maximum absolute atomic E-state index is 13.1. The van der Waals surface area contributed by atoms with Crippen molar-refractivity contribution in [2.75, 3.05) is 17.9 Å². The van der Waals surface area contributed by atoms with Crippen molar-refractivity contribution >= 4 is 19.1 Å². The van der Waals surface area contributed by atoms with Crippen LogP contribution in [0.4, 0.5) is 15.9 Å². The third-order valence-electron chi connectivity index (χ3n) is 2.79. The SMILES string of the molecule is [C-]#[N+]c1cc(N2[B]N(C(C)C)CC2)ncc1F.[Ir]. The van der Waals surface area contributed by atoms with Crippen LogP contribution in [-0.4, -0.2) is 36.5 Å². The van der Waals surface area contributed by atoms with Gasteiger partial charge in [0.05, 0.1) is 12.8 Å².